The van der Waals surface area contributed by atoms with Crippen LogP contribution in [0.5, 0.6) is 5.88 Å². The molecule has 0 saturated carbocycles. The Morgan fingerprint density at radius 3 is 3.00 bits per heavy atom. The van der Waals surface area contributed by atoms with Gasteiger partial charge in [-0.05, 0) is 11.6 Å². The van der Waals surface area contributed by atoms with Crippen LogP contribution >= 0.6 is 0 Å². The molecule has 0 aromatic carbocycles. The Morgan fingerprint density at radius 2 is 2.50 bits per heavy atom. The van der Waals surface area contributed by atoms with E-state index in [9.17, 15) is 9.90 Å². The van der Waals surface area contributed by atoms with E-state index in [0.717, 1.165) is 6.26 Å². The summed E-state index contributed by atoms with van der Waals surface area (Å²) >= 11 is 0. The van der Waals surface area contributed by atoms with Crippen molar-refractivity contribution in [3.63, 3.8) is 0 Å². The largest absolute Gasteiger partial charge is 0.462 e. The van der Waals surface area contributed by atoms with Crippen LogP contribution in [0, 0.1) is 0 Å². The van der Waals surface area contributed by atoms with Gasteiger partial charge in [0.25, 0.3) is 0 Å². The van der Waals surface area contributed by atoms with Gasteiger partial charge in [-0.25, -0.2) is 4.79 Å². The monoisotopic (exact) mass is 170 g/mol. The molecule has 0 amide bonds. The van der Waals surface area contributed by atoms with Crippen LogP contribution in [0.2, 0.25) is 0 Å². The molecule has 1 aromatic heterocycles. The summed E-state index contributed by atoms with van der Waals surface area (Å²) in [5.74, 6) is -1.36. The van der Waals surface area contributed by atoms with Crippen molar-refractivity contribution in [2.24, 2.45) is 0 Å². The van der Waals surface area contributed by atoms with Gasteiger partial charge in [-0.3, -0.25) is 5.11 Å². The lowest BCUT2D eigenvalue weighted by Gasteiger charge is -1.97. The third-order valence-electron chi connectivity index (χ3n) is 1.19. The number of hydrogen-bond acceptors (Lipinski definition) is 4. The van der Waals surface area contributed by atoms with E-state index in [1.54, 1.807) is 0 Å². The molecule has 0 fully saturated rings. The van der Waals surface area contributed by atoms with E-state index in [1.807, 2.05) is 6.92 Å². The highest BCUT2D eigenvalue weighted by atomic mass is 16.5. The molecule has 1 heterocycles. The maximum atomic E-state index is 11.0. The van der Waals surface area contributed by atoms with Crippen LogP contribution in [0.3, 0.4) is 0 Å². The number of ether oxygens (including phenoxy) is 1. The molecular formula is C7H8NO4. The van der Waals surface area contributed by atoms with E-state index >= 15 is 0 Å². The minimum atomic E-state index is -0.684. The molecule has 1 aromatic rings. The lowest BCUT2D eigenvalue weighted by Crippen LogP contribution is -2.04. The second-order valence-electron chi connectivity index (χ2n) is 2.17. The molecule has 1 radical (unpaired) electrons. The lowest BCUT2D eigenvalue weighted by atomic mass is 10.3. The minimum Gasteiger partial charge on any atom is -0.462 e. The number of aromatic nitrogens is 1. The standard InChI is InChI=1S/C7H8NO4/c1-2-3-11-7(10)5-4-12-8-6(5)9/h4H,2-3H2,1H3. The van der Waals surface area contributed by atoms with E-state index in [2.05, 4.69) is 14.4 Å². The highest BCUT2D eigenvalue weighted by Gasteiger charge is 2.17. The average Bonchev–Trinajstić information content (AvgIpc) is 2.47. The summed E-state index contributed by atoms with van der Waals surface area (Å²) in [6, 6.07) is 0. The second kappa shape index (κ2) is 3.75. The van der Waals surface area contributed by atoms with Gasteiger partial charge >= 0.3 is 11.8 Å². The molecule has 0 spiro atoms. The van der Waals surface area contributed by atoms with E-state index in [-0.39, 0.29) is 5.56 Å². The second-order valence-corrected chi connectivity index (χ2v) is 2.17. The number of hydrogen-bond donors (Lipinski definition) is 0. The van der Waals surface area contributed by atoms with Gasteiger partial charge in [0.15, 0.2) is 5.56 Å². The Morgan fingerprint density at radius 1 is 1.75 bits per heavy atom. The van der Waals surface area contributed by atoms with Gasteiger partial charge in [-0.1, -0.05) is 6.92 Å². The Labute approximate surface area is 68.9 Å². The summed E-state index contributed by atoms with van der Waals surface area (Å²) in [5.41, 5.74) is -0.150. The van der Waals surface area contributed by atoms with E-state index in [4.69, 9.17) is 0 Å². The fraction of sp³-hybridized carbons (Fsp3) is 0.429. The van der Waals surface area contributed by atoms with Crippen LogP contribution < -0.4 is 0 Å². The third-order valence-corrected chi connectivity index (χ3v) is 1.19. The van der Waals surface area contributed by atoms with Gasteiger partial charge in [0.05, 0.1) is 6.61 Å². The van der Waals surface area contributed by atoms with Crippen LogP contribution in [0.4, 0.5) is 0 Å². The minimum absolute atomic E-state index is 0.150. The Bertz CT molecular complexity index is 268. The predicted molar refractivity (Wildman–Crippen MR) is 37.2 cm³/mol. The number of carbonyl (C=O) groups excluding carboxylic acids is 1. The van der Waals surface area contributed by atoms with Crippen LogP contribution in [0.1, 0.15) is 23.7 Å². The number of rotatable bonds is 3. The summed E-state index contributed by atoms with van der Waals surface area (Å²) in [4.78, 5) is 11.0. The first-order valence-corrected chi connectivity index (χ1v) is 3.54. The molecule has 5 heteroatoms. The summed E-state index contributed by atoms with van der Waals surface area (Å²) < 4.78 is 8.96. The summed E-state index contributed by atoms with van der Waals surface area (Å²) in [5, 5.41) is 13.7. The van der Waals surface area contributed by atoms with Crippen molar-refractivity contribution >= 4 is 5.97 Å². The zero-order valence-electron chi connectivity index (χ0n) is 6.57. The summed E-state index contributed by atoms with van der Waals surface area (Å²) in [6.45, 7) is 2.16. The van der Waals surface area contributed by atoms with E-state index in [1.165, 1.54) is 0 Å². The van der Waals surface area contributed by atoms with Gasteiger partial charge < -0.3 is 9.26 Å². The van der Waals surface area contributed by atoms with Crippen molar-refractivity contribution in [3.05, 3.63) is 11.8 Å². The highest BCUT2D eigenvalue weighted by molar-refractivity contribution is 5.91. The van der Waals surface area contributed by atoms with Crippen LogP contribution in [0.15, 0.2) is 10.8 Å². The van der Waals surface area contributed by atoms with E-state index < -0.39 is 11.8 Å². The SMILES string of the molecule is CCCOC(=O)c1conc1[O]. The first-order valence-electron chi connectivity index (χ1n) is 3.54. The molecule has 5 nitrogen and oxygen atoms in total. The molecule has 12 heavy (non-hydrogen) atoms. The van der Waals surface area contributed by atoms with Gasteiger partial charge in [0.2, 0.25) is 0 Å². The predicted octanol–water partition coefficient (Wildman–Crippen LogP) is 1.39. The smallest absolute Gasteiger partial charge is 0.347 e. The van der Waals surface area contributed by atoms with Crippen molar-refractivity contribution < 1.29 is 19.2 Å². The molecule has 0 unspecified atom stereocenters. The Hall–Kier alpha value is -1.52. The first-order chi connectivity index (χ1) is 5.75. The molecule has 65 valence electrons. The van der Waals surface area contributed by atoms with Crippen molar-refractivity contribution in [2.45, 2.75) is 13.3 Å². The van der Waals surface area contributed by atoms with Crippen molar-refractivity contribution in [1.82, 2.24) is 5.16 Å². The Balaban J connectivity index is 2.59. The zero-order chi connectivity index (χ0) is 8.97. The van der Waals surface area contributed by atoms with E-state index in [0.29, 0.717) is 13.0 Å². The molecule has 0 bridgehead atoms. The average molecular weight is 170 g/mol. The first kappa shape index (κ1) is 8.58. The summed E-state index contributed by atoms with van der Waals surface area (Å²) in [6.07, 6.45) is 1.70. The van der Waals surface area contributed by atoms with Crippen LogP contribution in [-0.4, -0.2) is 17.7 Å². The zero-order valence-corrected chi connectivity index (χ0v) is 6.57. The van der Waals surface area contributed by atoms with Crippen molar-refractivity contribution in [1.29, 1.82) is 0 Å². The highest BCUT2D eigenvalue weighted by Crippen LogP contribution is 2.14. The number of nitrogens with zero attached hydrogens (tertiary/aromatic N) is 1. The van der Waals surface area contributed by atoms with Gasteiger partial charge in [0, 0.05) is 0 Å². The van der Waals surface area contributed by atoms with Crippen LogP contribution in [-0.2, 0) is 9.84 Å². The fourth-order valence-electron chi connectivity index (χ4n) is 0.634. The lowest BCUT2D eigenvalue weighted by molar-refractivity contribution is 0.0499. The fourth-order valence-corrected chi connectivity index (χ4v) is 0.634. The third kappa shape index (κ3) is 1.75. The molecule has 0 saturated heterocycles. The van der Waals surface area contributed by atoms with Crippen molar-refractivity contribution in [3.8, 4) is 5.88 Å². The summed E-state index contributed by atoms with van der Waals surface area (Å²) in [7, 11) is 0. The van der Waals surface area contributed by atoms with Gasteiger partial charge in [-0.15, -0.1) is 0 Å². The van der Waals surface area contributed by atoms with Gasteiger partial charge in [0.1, 0.15) is 6.26 Å². The number of carbonyl (C=O) groups is 1. The molecule has 0 aliphatic heterocycles. The normalized spacial score (nSPS) is 9.75. The van der Waals surface area contributed by atoms with Crippen molar-refractivity contribution in [2.75, 3.05) is 6.61 Å². The quantitative estimate of drug-likeness (QED) is 0.642. The maximum Gasteiger partial charge on any atom is 0.347 e. The topological polar surface area (TPSA) is 72.2 Å². The maximum absolute atomic E-state index is 11.0. The number of esters is 1. The molecule has 0 aliphatic rings. The van der Waals surface area contributed by atoms with Crippen LogP contribution in [0.25, 0.3) is 0 Å². The Kier molecular flexibility index (Phi) is 2.68. The molecular weight excluding hydrogens is 162 g/mol. The molecule has 1 rings (SSSR count). The molecule has 0 N–H and O–H groups in total. The molecule has 0 aliphatic carbocycles. The van der Waals surface area contributed by atoms with Gasteiger partial charge in [-0.2, -0.15) is 0 Å². The molecule has 0 atom stereocenters.